The van der Waals surface area contributed by atoms with Gasteiger partial charge in [-0.1, -0.05) is 43.3 Å². The highest BCUT2D eigenvalue weighted by Crippen LogP contribution is 2.17. The molecule has 1 amide bonds. The van der Waals surface area contributed by atoms with Crippen LogP contribution in [0.4, 0.5) is 0 Å². The van der Waals surface area contributed by atoms with Crippen LogP contribution in [0.3, 0.4) is 0 Å². The lowest BCUT2D eigenvalue weighted by atomic mass is 10.1. The highest BCUT2D eigenvalue weighted by Gasteiger charge is 2.19. The van der Waals surface area contributed by atoms with Gasteiger partial charge in [-0.3, -0.25) is 4.79 Å². The summed E-state index contributed by atoms with van der Waals surface area (Å²) in [6.07, 6.45) is 0. The molecule has 3 N–H and O–H groups in total. The lowest BCUT2D eigenvalue weighted by molar-refractivity contribution is 0.0953. The van der Waals surface area contributed by atoms with Gasteiger partial charge in [-0.05, 0) is 37.2 Å². The number of likely N-dealkylation sites (N-methyl/N-ethyl adjacent to an activating group) is 1. The van der Waals surface area contributed by atoms with Gasteiger partial charge < -0.3 is 10.6 Å². The largest absolute Gasteiger partial charge is 0.351 e. The average molecular weight is 412 g/mol. The van der Waals surface area contributed by atoms with Crippen LogP contribution < -0.4 is 15.4 Å². The predicted molar refractivity (Wildman–Crippen MR) is 110 cm³/mol. The van der Waals surface area contributed by atoms with Gasteiger partial charge in [-0.2, -0.15) is 0 Å². The summed E-state index contributed by atoms with van der Waals surface area (Å²) < 4.78 is 27.9. The van der Waals surface area contributed by atoms with Gasteiger partial charge in [0.25, 0.3) is 5.91 Å². The molecule has 0 bridgehead atoms. The Morgan fingerprint density at radius 3 is 2.41 bits per heavy atom. The van der Waals surface area contributed by atoms with E-state index in [4.69, 9.17) is 0 Å². The molecular weight excluding hydrogens is 386 g/mol. The fourth-order valence-corrected chi connectivity index (χ4v) is 3.74. The van der Waals surface area contributed by atoms with Crippen LogP contribution in [0.15, 0.2) is 59.5 Å². The zero-order chi connectivity index (χ0) is 19.0. The molecular formula is C19H26ClN3O3S. The fraction of sp³-hybridized carbons (Fsp3) is 0.316. The Labute approximate surface area is 167 Å². The Morgan fingerprint density at radius 2 is 1.74 bits per heavy atom. The highest BCUT2D eigenvalue weighted by atomic mass is 35.5. The zero-order valence-corrected chi connectivity index (χ0v) is 17.1. The first-order valence-electron chi connectivity index (χ1n) is 8.60. The standard InChI is InChI=1S/C19H25N3O3S.ClH/c1-3-20-12-13-21-19(23)17-10-7-11-18(14-17)26(24,25)22-15(2)16-8-5-4-6-9-16;/h4-11,14-15,20,22H,3,12-13H2,1-2H3,(H,21,23);1H. The van der Waals surface area contributed by atoms with Crippen LogP contribution in [-0.4, -0.2) is 34.0 Å². The van der Waals surface area contributed by atoms with Crippen molar-refractivity contribution in [2.24, 2.45) is 0 Å². The van der Waals surface area contributed by atoms with Crippen LogP contribution in [0.25, 0.3) is 0 Å². The third kappa shape index (κ3) is 6.95. The second-order valence-electron chi connectivity index (χ2n) is 5.89. The summed E-state index contributed by atoms with van der Waals surface area (Å²) in [5.41, 5.74) is 1.19. The fourth-order valence-electron chi connectivity index (χ4n) is 2.46. The minimum Gasteiger partial charge on any atom is -0.351 e. The summed E-state index contributed by atoms with van der Waals surface area (Å²) in [5.74, 6) is -0.295. The molecule has 0 aromatic heterocycles. The number of hydrogen-bond acceptors (Lipinski definition) is 4. The van der Waals surface area contributed by atoms with Crippen molar-refractivity contribution in [3.8, 4) is 0 Å². The molecule has 0 radical (unpaired) electrons. The number of rotatable bonds is 9. The van der Waals surface area contributed by atoms with Crippen LogP contribution in [0.2, 0.25) is 0 Å². The van der Waals surface area contributed by atoms with E-state index in [-0.39, 0.29) is 29.3 Å². The van der Waals surface area contributed by atoms with Crippen molar-refractivity contribution in [3.05, 3.63) is 65.7 Å². The van der Waals surface area contributed by atoms with E-state index in [1.165, 1.54) is 12.1 Å². The van der Waals surface area contributed by atoms with Gasteiger partial charge in [-0.15, -0.1) is 12.4 Å². The Balaban J connectivity index is 0.00000364. The lowest BCUT2D eigenvalue weighted by Gasteiger charge is -2.15. The molecule has 6 nitrogen and oxygen atoms in total. The van der Waals surface area contributed by atoms with Crippen molar-refractivity contribution in [2.75, 3.05) is 19.6 Å². The SMILES string of the molecule is CCNCCNC(=O)c1cccc(S(=O)(=O)NC(C)c2ccccc2)c1.Cl. The van der Waals surface area contributed by atoms with E-state index in [9.17, 15) is 13.2 Å². The van der Waals surface area contributed by atoms with Gasteiger partial charge >= 0.3 is 0 Å². The normalized spacial score (nSPS) is 12.1. The number of carbonyl (C=O) groups excluding carboxylic acids is 1. The van der Waals surface area contributed by atoms with Gasteiger partial charge in [0.2, 0.25) is 10.0 Å². The van der Waals surface area contributed by atoms with Crippen molar-refractivity contribution in [2.45, 2.75) is 24.8 Å². The molecule has 0 saturated heterocycles. The number of amides is 1. The summed E-state index contributed by atoms with van der Waals surface area (Å²) in [4.78, 5) is 12.2. The number of sulfonamides is 1. The quantitative estimate of drug-likeness (QED) is 0.553. The van der Waals surface area contributed by atoms with Gasteiger partial charge in [0.05, 0.1) is 4.90 Å². The van der Waals surface area contributed by atoms with E-state index < -0.39 is 10.0 Å². The molecule has 1 atom stereocenters. The summed E-state index contributed by atoms with van der Waals surface area (Å²) in [6, 6.07) is 15.0. The Kier molecular flexibility index (Phi) is 9.45. The maximum Gasteiger partial charge on any atom is 0.251 e. The predicted octanol–water partition coefficient (Wildman–Crippen LogP) is 2.49. The molecule has 2 aromatic carbocycles. The summed E-state index contributed by atoms with van der Waals surface area (Å²) in [6.45, 7) is 5.74. The molecule has 148 valence electrons. The monoisotopic (exact) mass is 411 g/mol. The van der Waals surface area contributed by atoms with Gasteiger partial charge in [0.15, 0.2) is 0 Å². The molecule has 0 aliphatic heterocycles. The minimum atomic E-state index is -3.74. The molecule has 0 saturated carbocycles. The molecule has 0 heterocycles. The van der Waals surface area contributed by atoms with Crippen LogP contribution in [-0.2, 0) is 10.0 Å². The maximum atomic E-state index is 12.6. The van der Waals surface area contributed by atoms with Crippen LogP contribution in [0.5, 0.6) is 0 Å². The number of halogens is 1. The van der Waals surface area contributed by atoms with Crippen LogP contribution in [0, 0.1) is 0 Å². The molecule has 2 rings (SSSR count). The Morgan fingerprint density at radius 1 is 1.04 bits per heavy atom. The highest BCUT2D eigenvalue weighted by molar-refractivity contribution is 7.89. The van der Waals surface area contributed by atoms with E-state index in [0.29, 0.717) is 18.7 Å². The molecule has 8 heteroatoms. The van der Waals surface area contributed by atoms with Gasteiger partial charge in [-0.25, -0.2) is 13.1 Å². The van der Waals surface area contributed by atoms with Crippen molar-refractivity contribution in [1.82, 2.24) is 15.4 Å². The minimum absolute atomic E-state index is 0. The topological polar surface area (TPSA) is 87.3 Å². The summed E-state index contributed by atoms with van der Waals surface area (Å²) in [5, 5.41) is 5.87. The number of carbonyl (C=O) groups is 1. The lowest BCUT2D eigenvalue weighted by Crippen LogP contribution is -2.32. The molecule has 2 aromatic rings. The zero-order valence-electron chi connectivity index (χ0n) is 15.4. The van der Waals surface area contributed by atoms with Crippen LogP contribution >= 0.6 is 12.4 Å². The third-order valence-corrected chi connectivity index (χ3v) is 5.41. The molecule has 27 heavy (non-hydrogen) atoms. The van der Waals surface area contributed by atoms with E-state index in [2.05, 4.69) is 15.4 Å². The van der Waals surface area contributed by atoms with E-state index >= 15 is 0 Å². The molecule has 0 spiro atoms. The molecule has 0 aliphatic rings. The molecule has 0 fully saturated rings. The van der Waals surface area contributed by atoms with Crippen molar-refractivity contribution in [1.29, 1.82) is 0 Å². The van der Waals surface area contributed by atoms with E-state index in [0.717, 1.165) is 12.1 Å². The van der Waals surface area contributed by atoms with E-state index in [1.807, 2.05) is 37.3 Å². The Hall–Kier alpha value is -1.93. The van der Waals surface area contributed by atoms with Gasteiger partial charge in [0, 0.05) is 24.7 Å². The number of hydrogen-bond donors (Lipinski definition) is 3. The first-order valence-corrected chi connectivity index (χ1v) is 10.1. The second-order valence-corrected chi connectivity index (χ2v) is 7.60. The Bertz CT molecular complexity index is 829. The smallest absolute Gasteiger partial charge is 0.251 e. The first-order chi connectivity index (χ1) is 12.4. The van der Waals surface area contributed by atoms with Crippen LogP contribution in [0.1, 0.15) is 35.8 Å². The maximum absolute atomic E-state index is 12.6. The number of benzene rings is 2. The van der Waals surface area contributed by atoms with Crippen molar-refractivity contribution in [3.63, 3.8) is 0 Å². The van der Waals surface area contributed by atoms with E-state index in [1.54, 1.807) is 19.1 Å². The molecule has 1 unspecified atom stereocenters. The second kappa shape index (κ2) is 11.0. The van der Waals surface area contributed by atoms with Crippen molar-refractivity contribution >= 4 is 28.3 Å². The molecule has 0 aliphatic carbocycles. The van der Waals surface area contributed by atoms with Gasteiger partial charge in [0.1, 0.15) is 0 Å². The summed E-state index contributed by atoms with van der Waals surface area (Å²) >= 11 is 0. The third-order valence-electron chi connectivity index (χ3n) is 3.88. The van der Waals surface area contributed by atoms with Crippen molar-refractivity contribution < 1.29 is 13.2 Å². The first kappa shape index (κ1) is 23.1. The summed E-state index contributed by atoms with van der Waals surface area (Å²) in [7, 11) is -3.74. The average Bonchev–Trinajstić information content (AvgIpc) is 2.65. The number of nitrogens with one attached hydrogen (secondary N) is 3.